The number of nitrogens with one attached hydrogen (secondary N) is 1. The Balaban J connectivity index is 1.62. The molecule has 1 amide bonds. The lowest BCUT2D eigenvalue weighted by Crippen LogP contribution is -2.26. The Labute approximate surface area is 144 Å². The minimum atomic E-state index is 0.0117. The molecule has 0 spiro atoms. The summed E-state index contributed by atoms with van der Waals surface area (Å²) in [5.41, 5.74) is 4.77. The van der Waals surface area contributed by atoms with Gasteiger partial charge < -0.3 is 10.2 Å². The van der Waals surface area contributed by atoms with Crippen molar-refractivity contribution in [1.82, 2.24) is 0 Å². The van der Waals surface area contributed by atoms with Crippen molar-refractivity contribution in [3.63, 3.8) is 0 Å². The van der Waals surface area contributed by atoms with E-state index in [1.54, 1.807) is 0 Å². The summed E-state index contributed by atoms with van der Waals surface area (Å²) in [6.07, 6.45) is 1.58. The third-order valence-electron chi connectivity index (χ3n) is 4.60. The monoisotopic (exact) mass is 322 g/mol. The molecule has 0 saturated heterocycles. The Morgan fingerprint density at radius 1 is 1.08 bits per heavy atom. The number of nitrogens with zero attached hydrogens (tertiary/aromatic N) is 1. The van der Waals surface area contributed by atoms with Gasteiger partial charge in [0.05, 0.1) is 0 Å². The van der Waals surface area contributed by atoms with Crippen LogP contribution in [0.4, 0.5) is 11.4 Å². The van der Waals surface area contributed by atoms with E-state index < -0.39 is 0 Å². The lowest BCUT2D eigenvalue weighted by molar-refractivity contribution is -0.116. The van der Waals surface area contributed by atoms with Gasteiger partial charge in [-0.15, -0.1) is 0 Å². The van der Waals surface area contributed by atoms with Crippen molar-refractivity contribution in [3.8, 4) is 0 Å². The Bertz CT molecular complexity index is 731. The van der Waals surface area contributed by atoms with E-state index >= 15 is 0 Å². The first-order chi connectivity index (χ1) is 11.4. The van der Waals surface area contributed by atoms with Gasteiger partial charge in [-0.05, 0) is 35.1 Å². The highest BCUT2D eigenvalue weighted by atomic mass is 16.1. The first-order valence-electron chi connectivity index (χ1n) is 8.67. The van der Waals surface area contributed by atoms with E-state index in [4.69, 9.17) is 0 Å². The smallest absolute Gasteiger partial charge is 0.226 e. The number of carbonyl (C=O) groups excluding carboxylic acids is 1. The number of hydrogen-bond acceptors (Lipinski definition) is 2. The topological polar surface area (TPSA) is 32.3 Å². The van der Waals surface area contributed by atoms with Crippen molar-refractivity contribution in [2.75, 3.05) is 23.3 Å². The van der Waals surface area contributed by atoms with Gasteiger partial charge in [-0.2, -0.15) is 0 Å². The molecule has 3 rings (SSSR count). The summed E-state index contributed by atoms with van der Waals surface area (Å²) in [7, 11) is 0. The van der Waals surface area contributed by atoms with Crippen molar-refractivity contribution in [1.29, 1.82) is 0 Å². The maximum absolute atomic E-state index is 12.4. The molecule has 0 saturated carbocycles. The predicted molar refractivity (Wildman–Crippen MR) is 101 cm³/mol. The summed E-state index contributed by atoms with van der Waals surface area (Å²) >= 11 is 0. The zero-order chi connectivity index (χ0) is 17.2. The van der Waals surface area contributed by atoms with E-state index in [-0.39, 0.29) is 11.3 Å². The molecule has 0 radical (unpaired) electrons. The average Bonchev–Trinajstić information content (AvgIpc) is 2.96. The van der Waals surface area contributed by atoms with Crippen LogP contribution in [-0.4, -0.2) is 19.0 Å². The molecule has 1 aliphatic heterocycles. The summed E-state index contributed by atoms with van der Waals surface area (Å²) < 4.78 is 0. The van der Waals surface area contributed by atoms with Crippen molar-refractivity contribution in [3.05, 3.63) is 59.7 Å². The standard InChI is InChI=1S/C21H26N2O/c1-21(2,3)17-9-5-6-10-18(17)22-20(24)13-15-23-14-12-16-8-4-7-11-19(16)23/h4-11H,12-15H2,1-3H3,(H,22,24). The fourth-order valence-electron chi connectivity index (χ4n) is 3.33. The summed E-state index contributed by atoms with van der Waals surface area (Å²) in [5, 5.41) is 3.10. The van der Waals surface area contributed by atoms with Crippen LogP contribution in [0.15, 0.2) is 48.5 Å². The van der Waals surface area contributed by atoms with Gasteiger partial charge in [0, 0.05) is 30.9 Å². The van der Waals surface area contributed by atoms with E-state index in [1.165, 1.54) is 16.8 Å². The Kier molecular flexibility index (Phi) is 4.61. The molecule has 0 aromatic heterocycles. The third-order valence-corrected chi connectivity index (χ3v) is 4.60. The average molecular weight is 322 g/mol. The van der Waals surface area contributed by atoms with Gasteiger partial charge >= 0.3 is 0 Å². The van der Waals surface area contributed by atoms with E-state index in [1.807, 2.05) is 18.2 Å². The van der Waals surface area contributed by atoms with Crippen molar-refractivity contribution in [2.24, 2.45) is 0 Å². The summed E-state index contributed by atoms with van der Waals surface area (Å²) in [6.45, 7) is 8.27. The molecule has 24 heavy (non-hydrogen) atoms. The maximum atomic E-state index is 12.4. The molecule has 0 atom stereocenters. The van der Waals surface area contributed by atoms with Gasteiger partial charge in [0.1, 0.15) is 0 Å². The van der Waals surface area contributed by atoms with Crippen LogP contribution in [0.3, 0.4) is 0 Å². The van der Waals surface area contributed by atoms with E-state index in [2.05, 4.69) is 61.3 Å². The van der Waals surface area contributed by atoms with Crippen LogP contribution in [0.5, 0.6) is 0 Å². The fraction of sp³-hybridized carbons (Fsp3) is 0.381. The highest BCUT2D eigenvalue weighted by molar-refractivity contribution is 5.92. The molecule has 0 fully saturated rings. The molecule has 2 aromatic carbocycles. The Hall–Kier alpha value is -2.29. The van der Waals surface area contributed by atoms with Gasteiger partial charge in [-0.25, -0.2) is 0 Å². The normalized spacial score (nSPS) is 13.7. The predicted octanol–water partition coefficient (Wildman–Crippen LogP) is 4.38. The van der Waals surface area contributed by atoms with Crippen LogP contribution in [0.1, 0.15) is 38.3 Å². The SMILES string of the molecule is CC(C)(C)c1ccccc1NC(=O)CCN1CCc2ccccc21. The summed E-state index contributed by atoms with van der Waals surface area (Å²) in [6, 6.07) is 16.5. The van der Waals surface area contributed by atoms with Crippen LogP contribution in [0.2, 0.25) is 0 Å². The minimum Gasteiger partial charge on any atom is -0.370 e. The van der Waals surface area contributed by atoms with Crippen LogP contribution in [0, 0.1) is 0 Å². The second kappa shape index (κ2) is 6.68. The van der Waals surface area contributed by atoms with Gasteiger partial charge in [-0.3, -0.25) is 4.79 Å². The molecule has 1 aliphatic rings. The van der Waals surface area contributed by atoms with Crippen molar-refractivity contribution >= 4 is 17.3 Å². The van der Waals surface area contributed by atoms with E-state index in [0.29, 0.717) is 6.42 Å². The van der Waals surface area contributed by atoms with Gasteiger partial charge in [0.15, 0.2) is 0 Å². The highest BCUT2D eigenvalue weighted by Gasteiger charge is 2.20. The number of benzene rings is 2. The first-order valence-corrected chi connectivity index (χ1v) is 8.67. The third kappa shape index (κ3) is 3.61. The number of rotatable bonds is 4. The Morgan fingerprint density at radius 2 is 1.79 bits per heavy atom. The maximum Gasteiger partial charge on any atom is 0.226 e. The highest BCUT2D eigenvalue weighted by Crippen LogP contribution is 2.30. The molecular weight excluding hydrogens is 296 g/mol. The number of carbonyl (C=O) groups is 1. The molecular formula is C21H26N2O. The molecule has 0 bridgehead atoms. The molecule has 2 aromatic rings. The molecule has 126 valence electrons. The fourth-order valence-corrected chi connectivity index (χ4v) is 3.33. The van der Waals surface area contributed by atoms with E-state index in [9.17, 15) is 4.79 Å². The molecule has 0 unspecified atom stereocenters. The van der Waals surface area contributed by atoms with Crippen LogP contribution < -0.4 is 10.2 Å². The number of fused-ring (bicyclic) bond motifs is 1. The van der Waals surface area contributed by atoms with Crippen LogP contribution in [-0.2, 0) is 16.6 Å². The molecule has 1 N–H and O–H groups in total. The second-order valence-electron chi connectivity index (χ2n) is 7.46. The minimum absolute atomic E-state index is 0.0117. The number of amides is 1. The van der Waals surface area contributed by atoms with Crippen LogP contribution >= 0.6 is 0 Å². The zero-order valence-electron chi connectivity index (χ0n) is 14.8. The quantitative estimate of drug-likeness (QED) is 0.906. The molecule has 3 nitrogen and oxygen atoms in total. The number of hydrogen-bond donors (Lipinski definition) is 1. The first kappa shape index (κ1) is 16.6. The van der Waals surface area contributed by atoms with Gasteiger partial charge in [-0.1, -0.05) is 57.2 Å². The van der Waals surface area contributed by atoms with Crippen LogP contribution in [0.25, 0.3) is 0 Å². The lowest BCUT2D eigenvalue weighted by atomic mass is 9.86. The molecule has 3 heteroatoms. The second-order valence-corrected chi connectivity index (χ2v) is 7.46. The summed E-state index contributed by atoms with van der Waals surface area (Å²) in [5.74, 6) is 0.0797. The number of para-hydroxylation sites is 2. The molecule has 1 heterocycles. The molecule has 0 aliphatic carbocycles. The summed E-state index contributed by atoms with van der Waals surface area (Å²) in [4.78, 5) is 14.7. The van der Waals surface area contributed by atoms with Crippen molar-refractivity contribution < 1.29 is 4.79 Å². The van der Waals surface area contributed by atoms with Crippen molar-refractivity contribution in [2.45, 2.75) is 39.0 Å². The Morgan fingerprint density at radius 3 is 2.58 bits per heavy atom. The number of anilines is 2. The van der Waals surface area contributed by atoms with Gasteiger partial charge in [0.2, 0.25) is 5.91 Å². The lowest BCUT2D eigenvalue weighted by Gasteiger charge is -2.23. The van der Waals surface area contributed by atoms with Gasteiger partial charge in [0.25, 0.3) is 0 Å². The largest absolute Gasteiger partial charge is 0.370 e. The van der Waals surface area contributed by atoms with E-state index in [0.717, 1.165) is 25.2 Å². The zero-order valence-corrected chi connectivity index (χ0v) is 14.8.